The van der Waals surface area contributed by atoms with Crippen LogP contribution in [0.3, 0.4) is 0 Å². The Balaban J connectivity index is 2.13. The second-order valence-electron chi connectivity index (χ2n) is 5.73. The fourth-order valence-electron chi connectivity index (χ4n) is 2.79. The lowest BCUT2D eigenvalue weighted by atomic mass is 10.1. The molecule has 3 heteroatoms. The normalized spacial score (nSPS) is 18.5. The molecule has 1 fully saturated rings. The first-order chi connectivity index (χ1) is 8.16. The van der Waals surface area contributed by atoms with Gasteiger partial charge in [-0.1, -0.05) is 51.7 Å². The number of nitrogens with one attached hydrogen (secondary N) is 1. The molecule has 0 aromatic carbocycles. The van der Waals surface area contributed by atoms with Crippen LogP contribution < -0.4 is 0 Å². The minimum Gasteiger partial charge on any atom is -0.301 e. The Bertz CT molecular complexity index is 395. The molecule has 0 spiro atoms. The molecule has 1 heterocycles. The van der Waals surface area contributed by atoms with Gasteiger partial charge in [-0.2, -0.15) is 0 Å². The highest BCUT2D eigenvalue weighted by molar-refractivity contribution is 7.71. The van der Waals surface area contributed by atoms with E-state index in [-0.39, 0.29) is 0 Å². The van der Waals surface area contributed by atoms with E-state index in [1.54, 1.807) is 0 Å². The average Bonchev–Trinajstić information content (AvgIpc) is 2.52. The zero-order valence-corrected chi connectivity index (χ0v) is 11.9. The van der Waals surface area contributed by atoms with Crippen LogP contribution in [0, 0.1) is 10.6 Å². The van der Waals surface area contributed by atoms with Crippen molar-refractivity contribution in [2.24, 2.45) is 5.92 Å². The van der Waals surface area contributed by atoms with E-state index in [1.165, 1.54) is 44.2 Å². The lowest BCUT2D eigenvalue weighted by Crippen LogP contribution is -2.10. The molecule has 0 atom stereocenters. The Morgan fingerprint density at radius 3 is 2.53 bits per heavy atom. The number of hydrogen-bond acceptors (Lipinski definition) is 1. The molecule has 1 aromatic heterocycles. The third-order valence-corrected chi connectivity index (χ3v) is 3.93. The predicted molar refractivity (Wildman–Crippen MR) is 74.9 cm³/mol. The van der Waals surface area contributed by atoms with Crippen molar-refractivity contribution in [3.8, 4) is 0 Å². The van der Waals surface area contributed by atoms with Crippen LogP contribution in [-0.4, -0.2) is 9.78 Å². The molecule has 1 aliphatic rings. The average molecular weight is 252 g/mol. The smallest absolute Gasteiger partial charge is 0.122 e. The fourth-order valence-corrected chi connectivity index (χ4v) is 3.13. The molecule has 1 aromatic rings. The summed E-state index contributed by atoms with van der Waals surface area (Å²) in [5.74, 6) is 0.686. The summed E-state index contributed by atoms with van der Waals surface area (Å²) in [6, 6.07) is 2.77. The summed E-state index contributed by atoms with van der Waals surface area (Å²) in [5, 5.41) is 3.52. The SMILES string of the molecule is CC(C)Cc1cc(=S)n(C2CCCCCC2)[nH]1. The van der Waals surface area contributed by atoms with Crippen molar-refractivity contribution >= 4 is 12.2 Å². The van der Waals surface area contributed by atoms with Crippen LogP contribution in [-0.2, 0) is 6.42 Å². The van der Waals surface area contributed by atoms with Crippen LogP contribution in [0.4, 0.5) is 0 Å². The molecule has 0 aliphatic heterocycles. The van der Waals surface area contributed by atoms with Crippen molar-refractivity contribution in [2.45, 2.75) is 64.8 Å². The molecule has 17 heavy (non-hydrogen) atoms. The number of aromatic amines is 1. The van der Waals surface area contributed by atoms with Gasteiger partial charge in [-0.15, -0.1) is 0 Å². The molecular formula is C14H24N2S. The fraction of sp³-hybridized carbons (Fsp3) is 0.786. The molecule has 0 amide bonds. The highest BCUT2D eigenvalue weighted by Gasteiger charge is 2.15. The van der Waals surface area contributed by atoms with Crippen LogP contribution in [0.5, 0.6) is 0 Å². The van der Waals surface area contributed by atoms with E-state index in [2.05, 4.69) is 29.7 Å². The van der Waals surface area contributed by atoms with Crippen molar-refractivity contribution in [1.82, 2.24) is 9.78 Å². The third-order valence-electron chi connectivity index (χ3n) is 3.62. The Morgan fingerprint density at radius 2 is 1.94 bits per heavy atom. The Labute approximate surface area is 109 Å². The number of aromatic nitrogens is 2. The maximum Gasteiger partial charge on any atom is 0.122 e. The first-order valence-corrected chi connectivity index (χ1v) is 7.38. The van der Waals surface area contributed by atoms with Crippen molar-refractivity contribution in [1.29, 1.82) is 0 Å². The van der Waals surface area contributed by atoms with Gasteiger partial charge in [0.05, 0.1) is 6.04 Å². The molecule has 2 nitrogen and oxygen atoms in total. The summed E-state index contributed by atoms with van der Waals surface area (Å²) < 4.78 is 3.24. The third kappa shape index (κ3) is 3.44. The van der Waals surface area contributed by atoms with Gasteiger partial charge >= 0.3 is 0 Å². The van der Waals surface area contributed by atoms with Crippen LogP contribution in [0.2, 0.25) is 0 Å². The largest absolute Gasteiger partial charge is 0.301 e. The van der Waals surface area contributed by atoms with E-state index in [9.17, 15) is 0 Å². The molecule has 96 valence electrons. The van der Waals surface area contributed by atoms with Crippen LogP contribution in [0.1, 0.15) is 64.1 Å². The van der Waals surface area contributed by atoms with E-state index < -0.39 is 0 Å². The Morgan fingerprint density at radius 1 is 1.29 bits per heavy atom. The molecule has 0 unspecified atom stereocenters. The van der Waals surface area contributed by atoms with Gasteiger partial charge in [0.2, 0.25) is 0 Å². The van der Waals surface area contributed by atoms with Gasteiger partial charge in [0.15, 0.2) is 0 Å². The van der Waals surface area contributed by atoms with Crippen molar-refractivity contribution in [3.05, 3.63) is 16.4 Å². The first kappa shape index (κ1) is 12.9. The van der Waals surface area contributed by atoms with E-state index in [0.29, 0.717) is 12.0 Å². The molecule has 0 saturated heterocycles. The summed E-state index contributed by atoms with van der Waals surface area (Å²) in [4.78, 5) is 0. The molecule has 2 rings (SSSR count). The van der Waals surface area contributed by atoms with Gasteiger partial charge in [-0.05, 0) is 31.2 Å². The van der Waals surface area contributed by atoms with Gasteiger partial charge in [0.1, 0.15) is 4.64 Å². The Hall–Kier alpha value is -0.570. The number of nitrogens with zero attached hydrogens (tertiary/aromatic N) is 1. The van der Waals surface area contributed by atoms with Gasteiger partial charge in [0.25, 0.3) is 0 Å². The van der Waals surface area contributed by atoms with Crippen LogP contribution in [0.25, 0.3) is 0 Å². The molecule has 1 saturated carbocycles. The number of rotatable bonds is 3. The monoisotopic (exact) mass is 252 g/mol. The van der Waals surface area contributed by atoms with E-state index in [4.69, 9.17) is 12.2 Å². The minimum absolute atomic E-state index is 0.617. The maximum absolute atomic E-state index is 5.48. The quantitative estimate of drug-likeness (QED) is 0.614. The maximum atomic E-state index is 5.48. The molecular weight excluding hydrogens is 228 g/mol. The standard InChI is InChI=1S/C14H24N2S/c1-11(2)9-12-10-14(17)16(15-12)13-7-5-3-4-6-8-13/h10-11,13,15H,3-9H2,1-2H3. The highest BCUT2D eigenvalue weighted by atomic mass is 32.1. The lowest BCUT2D eigenvalue weighted by molar-refractivity contribution is 0.398. The van der Waals surface area contributed by atoms with Crippen LogP contribution in [0.15, 0.2) is 6.07 Å². The summed E-state index contributed by atoms with van der Waals surface area (Å²) in [6.07, 6.45) is 9.16. The second kappa shape index (κ2) is 5.85. The van der Waals surface area contributed by atoms with E-state index in [1.807, 2.05) is 0 Å². The Kier molecular flexibility index (Phi) is 4.43. The second-order valence-corrected chi connectivity index (χ2v) is 6.15. The number of hydrogen-bond donors (Lipinski definition) is 1. The first-order valence-electron chi connectivity index (χ1n) is 6.97. The van der Waals surface area contributed by atoms with Gasteiger partial charge < -0.3 is 5.10 Å². The number of H-pyrrole nitrogens is 1. The van der Waals surface area contributed by atoms with E-state index >= 15 is 0 Å². The molecule has 0 bridgehead atoms. The summed E-state index contributed by atoms with van der Waals surface area (Å²) in [7, 11) is 0. The summed E-state index contributed by atoms with van der Waals surface area (Å²) in [5.41, 5.74) is 1.30. The molecule has 0 radical (unpaired) electrons. The van der Waals surface area contributed by atoms with Gasteiger partial charge in [0, 0.05) is 5.69 Å². The molecule has 1 N–H and O–H groups in total. The lowest BCUT2D eigenvalue weighted by Gasteiger charge is -2.16. The summed E-state index contributed by atoms with van der Waals surface area (Å²) >= 11 is 5.48. The van der Waals surface area contributed by atoms with Crippen LogP contribution >= 0.6 is 12.2 Å². The minimum atomic E-state index is 0.617. The topological polar surface area (TPSA) is 20.7 Å². The van der Waals surface area contributed by atoms with Gasteiger partial charge in [-0.3, -0.25) is 4.68 Å². The van der Waals surface area contributed by atoms with Gasteiger partial charge in [-0.25, -0.2) is 0 Å². The zero-order valence-electron chi connectivity index (χ0n) is 11.0. The molecule has 1 aliphatic carbocycles. The van der Waals surface area contributed by atoms with Crippen molar-refractivity contribution in [3.63, 3.8) is 0 Å². The van der Waals surface area contributed by atoms with Crippen molar-refractivity contribution < 1.29 is 0 Å². The summed E-state index contributed by atoms with van der Waals surface area (Å²) in [6.45, 7) is 4.50. The van der Waals surface area contributed by atoms with Crippen molar-refractivity contribution in [2.75, 3.05) is 0 Å². The predicted octanol–water partition coefficient (Wildman–Crippen LogP) is 4.64. The zero-order chi connectivity index (χ0) is 12.3. The van der Waals surface area contributed by atoms with E-state index in [0.717, 1.165) is 11.1 Å². The highest BCUT2D eigenvalue weighted by Crippen LogP contribution is 2.27.